The van der Waals surface area contributed by atoms with Crippen LogP contribution in [0.3, 0.4) is 0 Å². The molecule has 21 heavy (non-hydrogen) atoms. The zero-order chi connectivity index (χ0) is 14.8. The Bertz CT molecular complexity index is 552. The van der Waals surface area contributed by atoms with Gasteiger partial charge in [-0.25, -0.2) is 0 Å². The van der Waals surface area contributed by atoms with Crippen molar-refractivity contribution in [2.75, 3.05) is 19.8 Å². The van der Waals surface area contributed by atoms with Gasteiger partial charge in [-0.05, 0) is 29.7 Å². The van der Waals surface area contributed by atoms with E-state index in [1.807, 2.05) is 18.2 Å². The van der Waals surface area contributed by atoms with Gasteiger partial charge in [0.1, 0.15) is 12.4 Å². The first kappa shape index (κ1) is 15.2. The van der Waals surface area contributed by atoms with Gasteiger partial charge in [0.2, 0.25) is 0 Å². The molecular weight excluding hydrogens is 260 g/mol. The minimum atomic E-state index is 0.369. The second-order valence-corrected chi connectivity index (χ2v) is 4.77. The molecule has 0 fully saturated rings. The van der Waals surface area contributed by atoms with Crippen LogP contribution in [0.25, 0.3) is 0 Å². The van der Waals surface area contributed by atoms with Crippen LogP contribution in [-0.2, 0) is 11.2 Å². The summed E-state index contributed by atoms with van der Waals surface area (Å²) in [4.78, 5) is 0. The van der Waals surface area contributed by atoms with Gasteiger partial charge in [0.25, 0.3) is 0 Å². The van der Waals surface area contributed by atoms with Crippen LogP contribution in [0.15, 0.2) is 54.6 Å². The summed E-state index contributed by atoms with van der Waals surface area (Å²) in [7, 11) is 0. The first-order valence-corrected chi connectivity index (χ1v) is 7.15. The number of rotatable bonds is 8. The van der Waals surface area contributed by atoms with Gasteiger partial charge in [-0.3, -0.25) is 0 Å². The zero-order valence-corrected chi connectivity index (χ0v) is 12.1. The normalized spacial score (nSPS) is 10.0. The Labute approximate surface area is 126 Å². The molecule has 0 saturated carbocycles. The quantitative estimate of drug-likeness (QED) is 0.542. The summed E-state index contributed by atoms with van der Waals surface area (Å²) in [6.07, 6.45) is 6.88. The number of ether oxygens (including phenoxy) is 2. The van der Waals surface area contributed by atoms with Crippen molar-refractivity contribution in [2.45, 2.75) is 12.8 Å². The van der Waals surface area contributed by atoms with Crippen LogP contribution in [0.5, 0.6) is 5.75 Å². The molecule has 0 N–H and O–H groups in total. The van der Waals surface area contributed by atoms with E-state index in [9.17, 15) is 0 Å². The Morgan fingerprint density at radius 1 is 0.857 bits per heavy atom. The van der Waals surface area contributed by atoms with Crippen LogP contribution < -0.4 is 4.74 Å². The van der Waals surface area contributed by atoms with Crippen LogP contribution in [0.2, 0.25) is 0 Å². The van der Waals surface area contributed by atoms with E-state index in [0.29, 0.717) is 19.8 Å². The SMILES string of the molecule is C#CCOCCCOc1ccc(Cc2ccccc2)cc1. The van der Waals surface area contributed by atoms with Gasteiger partial charge in [-0.1, -0.05) is 48.4 Å². The molecule has 0 radical (unpaired) electrons. The molecular formula is C19H20O2. The van der Waals surface area contributed by atoms with E-state index >= 15 is 0 Å². The predicted molar refractivity (Wildman–Crippen MR) is 85.5 cm³/mol. The Morgan fingerprint density at radius 3 is 2.29 bits per heavy atom. The summed E-state index contributed by atoms with van der Waals surface area (Å²) in [5, 5.41) is 0. The Hall–Kier alpha value is -2.24. The van der Waals surface area contributed by atoms with Crippen LogP contribution >= 0.6 is 0 Å². The van der Waals surface area contributed by atoms with Gasteiger partial charge in [-0.15, -0.1) is 6.42 Å². The third-order valence-electron chi connectivity index (χ3n) is 3.06. The van der Waals surface area contributed by atoms with E-state index in [0.717, 1.165) is 18.6 Å². The van der Waals surface area contributed by atoms with E-state index < -0.39 is 0 Å². The number of hydrogen-bond donors (Lipinski definition) is 0. The Kier molecular flexibility index (Phi) is 6.38. The summed E-state index contributed by atoms with van der Waals surface area (Å²) in [6, 6.07) is 18.7. The fourth-order valence-corrected chi connectivity index (χ4v) is 2.02. The van der Waals surface area contributed by atoms with Crippen molar-refractivity contribution in [2.24, 2.45) is 0 Å². The maximum Gasteiger partial charge on any atom is 0.119 e. The molecule has 0 aliphatic heterocycles. The highest BCUT2D eigenvalue weighted by Gasteiger charge is 1.98. The second-order valence-electron chi connectivity index (χ2n) is 4.77. The molecule has 2 nitrogen and oxygen atoms in total. The molecule has 0 aromatic heterocycles. The van der Waals surface area contributed by atoms with Crippen LogP contribution in [0.1, 0.15) is 17.5 Å². The highest BCUT2D eigenvalue weighted by atomic mass is 16.5. The Balaban J connectivity index is 1.73. The monoisotopic (exact) mass is 280 g/mol. The number of hydrogen-bond acceptors (Lipinski definition) is 2. The van der Waals surface area contributed by atoms with Crippen molar-refractivity contribution in [1.82, 2.24) is 0 Å². The van der Waals surface area contributed by atoms with E-state index in [2.05, 4.69) is 42.3 Å². The van der Waals surface area contributed by atoms with Gasteiger partial charge in [-0.2, -0.15) is 0 Å². The molecule has 2 aromatic carbocycles. The third-order valence-corrected chi connectivity index (χ3v) is 3.06. The zero-order valence-electron chi connectivity index (χ0n) is 12.1. The Morgan fingerprint density at radius 2 is 1.57 bits per heavy atom. The number of terminal acetylenes is 1. The van der Waals surface area contributed by atoms with Crippen molar-refractivity contribution < 1.29 is 9.47 Å². The first-order chi connectivity index (χ1) is 10.4. The van der Waals surface area contributed by atoms with Crippen LogP contribution in [0.4, 0.5) is 0 Å². The predicted octanol–water partition coefficient (Wildman–Crippen LogP) is 3.70. The smallest absolute Gasteiger partial charge is 0.119 e. The molecule has 0 spiro atoms. The van der Waals surface area contributed by atoms with Crippen molar-refractivity contribution in [1.29, 1.82) is 0 Å². The topological polar surface area (TPSA) is 18.5 Å². The van der Waals surface area contributed by atoms with Gasteiger partial charge in [0.15, 0.2) is 0 Å². The van der Waals surface area contributed by atoms with Crippen molar-refractivity contribution in [3.8, 4) is 18.1 Å². The standard InChI is InChI=1S/C19H20O2/c1-2-13-20-14-6-15-21-19-11-9-18(10-12-19)16-17-7-4-3-5-8-17/h1,3-5,7-12H,6,13-16H2. The summed E-state index contributed by atoms with van der Waals surface area (Å²) in [5.74, 6) is 3.33. The van der Waals surface area contributed by atoms with E-state index in [1.54, 1.807) is 0 Å². The summed E-state index contributed by atoms with van der Waals surface area (Å²) >= 11 is 0. The lowest BCUT2D eigenvalue weighted by Crippen LogP contribution is -2.03. The molecule has 0 aliphatic carbocycles. The molecule has 108 valence electrons. The van der Waals surface area contributed by atoms with E-state index in [1.165, 1.54) is 11.1 Å². The van der Waals surface area contributed by atoms with Crippen LogP contribution in [0, 0.1) is 12.3 Å². The lowest BCUT2D eigenvalue weighted by molar-refractivity contribution is 0.147. The molecule has 2 aromatic rings. The highest BCUT2D eigenvalue weighted by molar-refractivity contribution is 5.31. The average Bonchev–Trinajstić information content (AvgIpc) is 2.53. The van der Waals surface area contributed by atoms with Gasteiger partial charge in [0.05, 0.1) is 13.2 Å². The molecule has 0 amide bonds. The lowest BCUT2D eigenvalue weighted by atomic mass is 10.1. The maximum atomic E-state index is 5.66. The summed E-state index contributed by atoms with van der Waals surface area (Å²) in [6.45, 7) is 1.65. The van der Waals surface area contributed by atoms with Crippen molar-refractivity contribution in [3.63, 3.8) is 0 Å². The third kappa shape index (κ3) is 5.72. The average molecular weight is 280 g/mol. The second kappa shape index (κ2) is 8.84. The highest BCUT2D eigenvalue weighted by Crippen LogP contribution is 2.15. The minimum absolute atomic E-state index is 0.369. The van der Waals surface area contributed by atoms with E-state index in [4.69, 9.17) is 15.9 Å². The first-order valence-electron chi connectivity index (χ1n) is 7.15. The number of benzene rings is 2. The minimum Gasteiger partial charge on any atom is -0.494 e. The van der Waals surface area contributed by atoms with Crippen molar-refractivity contribution in [3.05, 3.63) is 65.7 Å². The molecule has 0 unspecified atom stereocenters. The molecule has 0 bridgehead atoms. The molecule has 2 rings (SSSR count). The van der Waals surface area contributed by atoms with Crippen molar-refractivity contribution >= 4 is 0 Å². The van der Waals surface area contributed by atoms with Gasteiger partial charge < -0.3 is 9.47 Å². The largest absolute Gasteiger partial charge is 0.494 e. The fraction of sp³-hybridized carbons (Fsp3) is 0.263. The fourth-order valence-electron chi connectivity index (χ4n) is 2.02. The van der Waals surface area contributed by atoms with Gasteiger partial charge >= 0.3 is 0 Å². The lowest BCUT2D eigenvalue weighted by Gasteiger charge is -2.07. The van der Waals surface area contributed by atoms with Crippen LogP contribution in [-0.4, -0.2) is 19.8 Å². The molecule has 0 heterocycles. The summed E-state index contributed by atoms with van der Waals surface area (Å²) in [5.41, 5.74) is 2.60. The maximum absolute atomic E-state index is 5.66. The van der Waals surface area contributed by atoms with Gasteiger partial charge in [0, 0.05) is 6.42 Å². The van der Waals surface area contributed by atoms with E-state index in [-0.39, 0.29) is 0 Å². The molecule has 0 atom stereocenters. The molecule has 2 heteroatoms. The molecule has 0 saturated heterocycles. The molecule has 0 aliphatic rings. The summed E-state index contributed by atoms with van der Waals surface area (Å²) < 4.78 is 10.8.